The predicted molar refractivity (Wildman–Crippen MR) is 132 cm³/mol. The zero-order valence-electron chi connectivity index (χ0n) is 18.8. The summed E-state index contributed by atoms with van der Waals surface area (Å²) in [7, 11) is 0. The number of hydrogen-bond donors (Lipinski definition) is 2. The molecular formula is C26H27N5O3. The molecule has 2 aromatic heterocycles. The van der Waals surface area contributed by atoms with Gasteiger partial charge in [-0.1, -0.05) is 48.5 Å². The molecule has 2 N–H and O–H groups in total. The van der Waals surface area contributed by atoms with Crippen LogP contribution in [0.4, 0.5) is 5.95 Å². The summed E-state index contributed by atoms with van der Waals surface area (Å²) in [6.07, 6.45) is 2.92. The van der Waals surface area contributed by atoms with Crippen LogP contribution in [0.25, 0.3) is 21.9 Å². The third-order valence-electron chi connectivity index (χ3n) is 6.27. The number of hydrogen-bond acceptors (Lipinski definition) is 7. The zero-order valence-corrected chi connectivity index (χ0v) is 18.8. The van der Waals surface area contributed by atoms with Crippen LogP contribution in [-0.2, 0) is 6.54 Å². The van der Waals surface area contributed by atoms with Gasteiger partial charge in [-0.2, -0.15) is 0 Å². The van der Waals surface area contributed by atoms with Gasteiger partial charge in [0.25, 0.3) is 5.56 Å². The van der Waals surface area contributed by atoms with Gasteiger partial charge in [0.2, 0.25) is 11.8 Å². The van der Waals surface area contributed by atoms with Crippen molar-refractivity contribution in [3.05, 3.63) is 83.4 Å². The van der Waals surface area contributed by atoms with Crippen molar-refractivity contribution in [2.24, 2.45) is 0 Å². The van der Waals surface area contributed by atoms with Gasteiger partial charge in [0.15, 0.2) is 0 Å². The highest BCUT2D eigenvalue weighted by molar-refractivity contribution is 5.86. The monoisotopic (exact) mass is 457 g/mol. The Labute approximate surface area is 197 Å². The van der Waals surface area contributed by atoms with Gasteiger partial charge >= 0.3 is 0 Å². The third kappa shape index (κ3) is 4.64. The van der Waals surface area contributed by atoms with Gasteiger partial charge in [0, 0.05) is 62.1 Å². The number of anilines is 1. The van der Waals surface area contributed by atoms with Crippen LogP contribution in [0.3, 0.4) is 0 Å². The Morgan fingerprint density at radius 2 is 1.53 bits per heavy atom. The van der Waals surface area contributed by atoms with Crippen molar-refractivity contribution in [2.75, 3.05) is 37.6 Å². The summed E-state index contributed by atoms with van der Waals surface area (Å²) in [6.45, 7) is 3.45. The number of aliphatic hydroxyl groups is 1. The molecule has 0 bridgehead atoms. The Kier molecular flexibility index (Phi) is 6.24. The maximum atomic E-state index is 12.5. The highest BCUT2D eigenvalue weighted by Crippen LogP contribution is 2.23. The Bertz CT molecular complexity index is 1320. The summed E-state index contributed by atoms with van der Waals surface area (Å²) in [5, 5.41) is 22.5. The van der Waals surface area contributed by atoms with Gasteiger partial charge < -0.3 is 15.1 Å². The number of β-amino-alcohol motifs (C(OH)–C–C–N with tert-alkyl or cyclic N) is 1. The maximum absolute atomic E-state index is 12.5. The van der Waals surface area contributed by atoms with Crippen molar-refractivity contribution in [1.29, 1.82) is 0 Å². The van der Waals surface area contributed by atoms with Gasteiger partial charge in [0.1, 0.15) is 0 Å². The minimum absolute atomic E-state index is 0.0414. The first-order chi connectivity index (χ1) is 16.6. The van der Waals surface area contributed by atoms with Crippen LogP contribution in [-0.4, -0.2) is 68.5 Å². The van der Waals surface area contributed by atoms with Crippen molar-refractivity contribution < 1.29 is 10.2 Å². The SMILES string of the molecule is O=c1cc2ccccc2c(O)n1CC(O)CN1CCN(c2ncc(-c3ccccc3)cn2)CC1. The first kappa shape index (κ1) is 22.1. The first-order valence-electron chi connectivity index (χ1n) is 11.4. The Morgan fingerprint density at radius 1 is 0.853 bits per heavy atom. The lowest BCUT2D eigenvalue weighted by atomic mass is 10.1. The molecular weight excluding hydrogens is 430 g/mol. The van der Waals surface area contributed by atoms with Crippen LogP contribution in [0.5, 0.6) is 5.88 Å². The second-order valence-corrected chi connectivity index (χ2v) is 8.58. The maximum Gasteiger partial charge on any atom is 0.254 e. The zero-order chi connectivity index (χ0) is 23.5. The molecule has 0 aliphatic carbocycles. The molecule has 8 nitrogen and oxygen atoms in total. The lowest BCUT2D eigenvalue weighted by Crippen LogP contribution is -2.49. The van der Waals surface area contributed by atoms with E-state index in [-0.39, 0.29) is 18.0 Å². The van der Waals surface area contributed by atoms with E-state index >= 15 is 0 Å². The average molecular weight is 458 g/mol. The van der Waals surface area contributed by atoms with Crippen molar-refractivity contribution in [1.82, 2.24) is 19.4 Å². The van der Waals surface area contributed by atoms with E-state index in [1.54, 1.807) is 12.1 Å². The Morgan fingerprint density at radius 3 is 2.26 bits per heavy atom. The summed E-state index contributed by atoms with van der Waals surface area (Å²) >= 11 is 0. The number of rotatable bonds is 6. The Hall–Kier alpha value is -3.75. The largest absolute Gasteiger partial charge is 0.494 e. The standard InChI is InChI=1S/C26H27N5O3/c32-22(18-31-24(33)14-20-8-4-5-9-23(20)25(31)34)17-29-10-12-30(13-11-29)26-27-15-21(16-28-26)19-6-2-1-3-7-19/h1-9,14-16,22,32,34H,10-13,17-18H2. The lowest BCUT2D eigenvalue weighted by Gasteiger charge is -2.35. The molecule has 1 unspecified atom stereocenters. The van der Waals surface area contributed by atoms with E-state index in [9.17, 15) is 15.0 Å². The van der Waals surface area contributed by atoms with E-state index in [4.69, 9.17) is 0 Å². The van der Waals surface area contributed by atoms with Gasteiger partial charge in [-0.05, 0) is 17.0 Å². The van der Waals surface area contributed by atoms with Gasteiger partial charge in [0.05, 0.1) is 12.6 Å². The fraction of sp³-hybridized carbons (Fsp3) is 0.269. The van der Waals surface area contributed by atoms with Crippen LogP contribution in [0.1, 0.15) is 0 Å². The van der Waals surface area contributed by atoms with Crippen molar-refractivity contribution in [3.63, 3.8) is 0 Å². The van der Waals surface area contributed by atoms with Crippen molar-refractivity contribution in [2.45, 2.75) is 12.6 Å². The molecule has 4 aromatic rings. The van der Waals surface area contributed by atoms with Crippen LogP contribution >= 0.6 is 0 Å². The number of aliphatic hydroxyl groups excluding tert-OH is 1. The van der Waals surface area contributed by atoms with E-state index in [1.807, 2.05) is 54.9 Å². The van der Waals surface area contributed by atoms with Crippen LogP contribution in [0.15, 0.2) is 77.9 Å². The molecule has 1 fully saturated rings. The summed E-state index contributed by atoms with van der Waals surface area (Å²) in [5.74, 6) is 0.593. The van der Waals surface area contributed by atoms with Gasteiger partial charge in [-0.25, -0.2) is 9.97 Å². The number of piperazine rings is 1. The van der Waals surface area contributed by atoms with Gasteiger partial charge in [-0.3, -0.25) is 14.3 Å². The van der Waals surface area contributed by atoms with E-state index in [1.165, 1.54) is 10.6 Å². The molecule has 174 valence electrons. The van der Waals surface area contributed by atoms with Crippen LogP contribution in [0.2, 0.25) is 0 Å². The quantitative estimate of drug-likeness (QED) is 0.459. The minimum atomic E-state index is -0.780. The number of pyridine rings is 1. The molecule has 0 radical (unpaired) electrons. The average Bonchev–Trinajstić information content (AvgIpc) is 2.88. The molecule has 8 heteroatoms. The van der Waals surface area contributed by atoms with Crippen LogP contribution < -0.4 is 10.5 Å². The summed E-state index contributed by atoms with van der Waals surface area (Å²) in [4.78, 5) is 25.8. The molecule has 1 atom stereocenters. The second kappa shape index (κ2) is 9.62. The van der Waals surface area contributed by atoms with E-state index < -0.39 is 6.10 Å². The predicted octanol–water partition coefficient (Wildman–Crippen LogP) is 2.35. The molecule has 0 amide bonds. The number of fused-ring (bicyclic) bond motifs is 1. The smallest absolute Gasteiger partial charge is 0.254 e. The summed E-state index contributed by atoms with van der Waals surface area (Å²) in [6, 6.07) is 18.7. The second-order valence-electron chi connectivity index (χ2n) is 8.58. The molecule has 0 spiro atoms. The van der Waals surface area contributed by atoms with E-state index in [2.05, 4.69) is 19.8 Å². The highest BCUT2D eigenvalue weighted by Gasteiger charge is 2.22. The fourth-order valence-corrected chi connectivity index (χ4v) is 4.42. The highest BCUT2D eigenvalue weighted by atomic mass is 16.3. The number of benzene rings is 2. The van der Waals surface area contributed by atoms with Crippen molar-refractivity contribution >= 4 is 16.7 Å². The molecule has 0 saturated carbocycles. The minimum Gasteiger partial charge on any atom is -0.494 e. The van der Waals surface area contributed by atoms with Crippen LogP contribution in [0, 0.1) is 0 Å². The number of aromatic hydroxyl groups is 1. The molecule has 1 aliphatic rings. The lowest BCUT2D eigenvalue weighted by molar-refractivity contribution is 0.0920. The number of aromatic nitrogens is 3. The van der Waals surface area contributed by atoms with Gasteiger partial charge in [-0.15, -0.1) is 0 Å². The topological polar surface area (TPSA) is 94.7 Å². The third-order valence-corrected chi connectivity index (χ3v) is 6.27. The van der Waals surface area contributed by atoms with E-state index in [0.717, 1.165) is 37.3 Å². The molecule has 1 saturated heterocycles. The van der Waals surface area contributed by atoms with E-state index in [0.29, 0.717) is 23.3 Å². The molecule has 2 aromatic carbocycles. The molecule has 34 heavy (non-hydrogen) atoms. The normalized spacial score (nSPS) is 15.5. The number of nitrogens with zero attached hydrogens (tertiary/aromatic N) is 5. The molecule has 1 aliphatic heterocycles. The molecule has 5 rings (SSSR count). The Balaban J connectivity index is 1.17. The summed E-state index contributed by atoms with van der Waals surface area (Å²) in [5.41, 5.74) is 1.75. The fourth-order valence-electron chi connectivity index (χ4n) is 4.42. The van der Waals surface area contributed by atoms with Crippen molar-refractivity contribution in [3.8, 4) is 17.0 Å². The molecule has 3 heterocycles. The first-order valence-corrected chi connectivity index (χ1v) is 11.4. The summed E-state index contributed by atoms with van der Waals surface area (Å²) < 4.78 is 1.24.